The fourth-order valence-electron chi connectivity index (χ4n) is 3.47. The summed E-state index contributed by atoms with van der Waals surface area (Å²) in [5.74, 6) is 0.310. The summed E-state index contributed by atoms with van der Waals surface area (Å²) in [4.78, 5) is 27.9. The fraction of sp³-hybridized carbons (Fsp3) is 0.130. The maximum absolute atomic E-state index is 13.4. The van der Waals surface area contributed by atoms with Crippen LogP contribution in [0.3, 0.4) is 0 Å². The summed E-state index contributed by atoms with van der Waals surface area (Å²) in [5, 5.41) is 3.01. The van der Waals surface area contributed by atoms with E-state index >= 15 is 0 Å². The molecular weight excluding hydrogens is 381 g/mol. The molecule has 0 atom stereocenters. The smallest absolute Gasteiger partial charge is 0.253 e. The maximum atomic E-state index is 13.4. The van der Waals surface area contributed by atoms with Crippen LogP contribution in [0.1, 0.15) is 10.4 Å². The van der Waals surface area contributed by atoms with Gasteiger partial charge in [0.25, 0.3) is 5.91 Å². The molecule has 0 bridgehead atoms. The first-order valence-electron chi connectivity index (χ1n) is 9.65. The van der Waals surface area contributed by atoms with Gasteiger partial charge in [-0.05, 0) is 36.4 Å². The molecule has 6 nitrogen and oxygen atoms in total. The highest BCUT2D eigenvalue weighted by Crippen LogP contribution is 2.21. The second kappa shape index (κ2) is 7.51. The zero-order valence-corrected chi connectivity index (χ0v) is 16.0. The van der Waals surface area contributed by atoms with Crippen molar-refractivity contribution in [3.63, 3.8) is 0 Å². The summed E-state index contributed by atoms with van der Waals surface area (Å²) in [5.41, 5.74) is 3.48. The molecule has 30 heavy (non-hydrogen) atoms. The third-order valence-corrected chi connectivity index (χ3v) is 5.12. The van der Waals surface area contributed by atoms with Crippen molar-refractivity contribution in [2.75, 3.05) is 18.0 Å². The molecule has 2 aromatic heterocycles. The molecule has 1 fully saturated rings. The van der Waals surface area contributed by atoms with Crippen molar-refractivity contribution in [1.82, 2.24) is 20.3 Å². The van der Waals surface area contributed by atoms with E-state index in [1.165, 1.54) is 18.3 Å². The van der Waals surface area contributed by atoms with E-state index in [4.69, 9.17) is 0 Å². The first-order chi connectivity index (χ1) is 14.7. The molecule has 0 unspecified atom stereocenters. The lowest BCUT2D eigenvalue weighted by Crippen LogP contribution is -2.59. The van der Waals surface area contributed by atoms with E-state index in [9.17, 15) is 9.18 Å². The van der Waals surface area contributed by atoms with Crippen molar-refractivity contribution in [1.29, 1.82) is 0 Å². The van der Waals surface area contributed by atoms with E-state index < -0.39 is 0 Å². The SMILES string of the molecule is O=C(NC1CN(c2cnc3ccccc3n2)C1)c1ccc(-c2cccc(F)c2)nc1. The van der Waals surface area contributed by atoms with E-state index in [0.717, 1.165) is 16.9 Å². The quantitative estimate of drug-likeness (QED) is 0.569. The summed E-state index contributed by atoms with van der Waals surface area (Å²) in [6.45, 7) is 1.35. The lowest BCUT2D eigenvalue weighted by atomic mass is 10.1. The number of pyridine rings is 1. The largest absolute Gasteiger partial charge is 0.351 e. The molecule has 5 rings (SSSR count). The van der Waals surface area contributed by atoms with Gasteiger partial charge in [0.05, 0.1) is 34.5 Å². The van der Waals surface area contributed by atoms with Crippen LogP contribution in [0.15, 0.2) is 73.1 Å². The van der Waals surface area contributed by atoms with Gasteiger partial charge >= 0.3 is 0 Å². The van der Waals surface area contributed by atoms with Gasteiger partial charge in [0.15, 0.2) is 0 Å². The van der Waals surface area contributed by atoms with Crippen LogP contribution in [-0.2, 0) is 0 Å². The average Bonchev–Trinajstić information content (AvgIpc) is 2.75. The molecule has 1 aliphatic rings. The number of rotatable bonds is 4. The number of hydrogen-bond acceptors (Lipinski definition) is 5. The molecule has 0 aliphatic carbocycles. The van der Waals surface area contributed by atoms with Crippen LogP contribution in [0.2, 0.25) is 0 Å². The molecule has 1 N–H and O–H groups in total. The van der Waals surface area contributed by atoms with Crippen LogP contribution in [0.5, 0.6) is 0 Å². The highest BCUT2D eigenvalue weighted by Gasteiger charge is 2.29. The fourth-order valence-corrected chi connectivity index (χ4v) is 3.47. The minimum atomic E-state index is -0.318. The standard InChI is InChI=1S/C23H18FN5O/c24-17-5-3-4-15(10-17)19-9-8-16(11-25-19)23(30)27-18-13-29(14-18)22-12-26-20-6-1-2-7-21(20)28-22/h1-12,18H,13-14H2,(H,27,30). The van der Waals surface area contributed by atoms with E-state index in [2.05, 4.69) is 25.2 Å². The van der Waals surface area contributed by atoms with E-state index in [0.29, 0.717) is 29.9 Å². The van der Waals surface area contributed by atoms with Crippen LogP contribution < -0.4 is 10.2 Å². The molecule has 0 radical (unpaired) electrons. The Morgan fingerprint density at radius 3 is 2.57 bits per heavy atom. The summed E-state index contributed by atoms with van der Waals surface area (Å²) >= 11 is 0. The third kappa shape index (κ3) is 3.57. The molecule has 148 valence electrons. The Bertz CT molecular complexity index is 1220. The van der Waals surface area contributed by atoms with Gasteiger partial charge in [-0.2, -0.15) is 0 Å². The molecule has 1 amide bonds. The van der Waals surface area contributed by atoms with Gasteiger partial charge in [-0.3, -0.25) is 14.8 Å². The Morgan fingerprint density at radius 2 is 1.80 bits per heavy atom. The zero-order valence-electron chi connectivity index (χ0n) is 16.0. The zero-order chi connectivity index (χ0) is 20.5. The number of carbonyl (C=O) groups is 1. The van der Waals surface area contributed by atoms with Crippen LogP contribution in [0.25, 0.3) is 22.3 Å². The van der Waals surface area contributed by atoms with Gasteiger partial charge < -0.3 is 10.2 Å². The van der Waals surface area contributed by atoms with Gasteiger partial charge in [0, 0.05) is 24.8 Å². The summed E-state index contributed by atoms with van der Waals surface area (Å²) in [6, 6.07) is 17.4. The number of carbonyl (C=O) groups excluding carboxylic acids is 1. The maximum Gasteiger partial charge on any atom is 0.253 e. The molecular formula is C23H18FN5O. The van der Waals surface area contributed by atoms with Crippen molar-refractivity contribution in [3.8, 4) is 11.3 Å². The summed E-state index contributed by atoms with van der Waals surface area (Å²) in [7, 11) is 0. The lowest BCUT2D eigenvalue weighted by Gasteiger charge is -2.40. The van der Waals surface area contributed by atoms with Crippen molar-refractivity contribution < 1.29 is 9.18 Å². The monoisotopic (exact) mass is 399 g/mol. The van der Waals surface area contributed by atoms with Crippen LogP contribution >= 0.6 is 0 Å². The number of fused-ring (bicyclic) bond motifs is 1. The Hall–Kier alpha value is -3.87. The van der Waals surface area contributed by atoms with Gasteiger partial charge in [-0.25, -0.2) is 9.37 Å². The number of anilines is 1. The number of aromatic nitrogens is 3. The molecule has 1 saturated heterocycles. The summed E-state index contributed by atoms with van der Waals surface area (Å²) in [6.07, 6.45) is 3.27. The molecule has 0 saturated carbocycles. The van der Waals surface area contributed by atoms with E-state index in [-0.39, 0.29) is 17.8 Å². The number of halogens is 1. The minimum absolute atomic E-state index is 0.0358. The average molecular weight is 399 g/mol. The molecule has 3 heterocycles. The number of nitrogens with zero attached hydrogens (tertiary/aromatic N) is 4. The lowest BCUT2D eigenvalue weighted by molar-refractivity contribution is 0.0929. The Kier molecular flexibility index (Phi) is 4.55. The highest BCUT2D eigenvalue weighted by atomic mass is 19.1. The number of hydrogen-bond donors (Lipinski definition) is 1. The topological polar surface area (TPSA) is 71.0 Å². The van der Waals surface area contributed by atoms with Crippen molar-refractivity contribution in [2.45, 2.75) is 6.04 Å². The highest BCUT2D eigenvalue weighted by molar-refractivity contribution is 5.94. The predicted molar refractivity (Wildman–Crippen MR) is 113 cm³/mol. The first kappa shape index (κ1) is 18.2. The number of benzene rings is 2. The summed E-state index contributed by atoms with van der Waals surface area (Å²) < 4.78 is 13.4. The van der Waals surface area contributed by atoms with Crippen LogP contribution in [-0.4, -0.2) is 40.0 Å². The Labute approximate surface area is 172 Å². The third-order valence-electron chi connectivity index (χ3n) is 5.12. The van der Waals surface area contributed by atoms with Gasteiger partial charge in [0.2, 0.25) is 0 Å². The number of nitrogens with one attached hydrogen (secondary N) is 1. The van der Waals surface area contributed by atoms with Gasteiger partial charge in [0.1, 0.15) is 11.6 Å². The Balaban J connectivity index is 1.20. The normalized spacial score (nSPS) is 13.8. The van der Waals surface area contributed by atoms with E-state index in [1.807, 2.05) is 24.3 Å². The second-order valence-corrected chi connectivity index (χ2v) is 7.23. The van der Waals surface area contributed by atoms with Gasteiger partial charge in [-0.15, -0.1) is 0 Å². The molecule has 4 aromatic rings. The molecule has 1 aliphatic heterocycles. The van der Waals surface area contributed by atoms with Crippen LogP contribution in [0, 0.1) is 5.82 Å². The minimum Gasteiger partial charge on any atom is -0.351 e. The van der Waals surface area contributed by atoms with Crippen molar-refractivity contribution >= 4 is 22.8 Å². The molecule has 7 heteroatoms. The van der Waals surface area contributed by atoms with E-state index in [1.54, 1.807) is 30.5 Å². The molecule has 2 aromatic carbocycles. The molecule has 0 spiro atoms. The second-order valence-electron chi connectivity index (χ2n) is 7.23. The van der Waals surface area contributed by atoms with Crippen molar-refractivity contribution in [2.24, 2.45) is 0 Å². The first-order valence-corrected chi connectivity index (χ1v) is 9.65. The number of amides is 1. The Morgan fingerprint density at radius 1 is 0.967 bits per heavy atom. The van der Waals surface area contributed by atoms with Crippen molar-refractivity contribution in [3.05, 3.63) is 84.4 Å². The predicted octanol–water partition coefficient (Wildman–Crippen LogP) is 3.45. The van der Waals surface area contributed by atoms with Gasteiger partial charge in [-0.1, -0.05) is 24.3 Å². The van der Waals surface area contributed by atoms with Crippen LogP contribution in [0.4, 0.5) is 10.2 Å². The number of para-hydroxylation sites is 2.